The molecule has 3 heterocycles. The van der Waals surface area contributed by atoms with E-state index in [0.29, 0.717) is 6.04 Å². The fraction of sp³-hybridized carbons (Fsp3) is 0.846. The van der Waals surface area contributed by atoms with Crippen LogP contribution in [-0.4, -0.2) is 53.6 Å². The number of likely N-dealkylation sites (tertiary alicyclic amines) is 1. The van der Waals surface area contributed by atoms with Crippen molar-refractivity contribution in [1.82, 2.24) is 14.9 Å². The second kappa shape index (κ2) is 11.5. The second-order valence-electron chi connectivity index (χ2n) is 10.2. The van der Waals surface area contributed by atoms with Gasteiger partial charge in [0.05, 0.1) is 5.69 Å². The van der Waals surface area contributed by atoms with E-state index in [-0.39, 0.29) is 0 Å². The highest BCUT2D eigenvalue weighted by Crippen LogP contribution is 2.31. The molecule has 1 aromatic heterocycles. The van der Waals surface area contributed by atoms with E-state index < -0.39 is 0 Å². The molecule has 0 amide bonds. The molecule has 2 saturated heterocycles. The first-order valence-electron chi connectivity index (χ1n) is 13.4. The molecule has 1 aliphatic carbocycles. The first kappa shape index (κ1) is 22.8. The molecule has 3 aliphatic rings. The van der Waals surface area contributed by atoms with Gasteiger partial charge >= 0.3 is 0 Å². The molecule has 1 aromatic rings. The van der Waals surface area contributed by atoms with E-state index in [1.54, 1.807) is 0 Å². The molecule has 5 nitrogen and oxygen atoms in total. The normalized spacial score (nSPS) is 23.3. The number of aryl methyl sites for hydroxylation is 1. The third-order valence-electron chi connectivity index (χ3n) is 7.83. The molecule has 0 aromatic carbocycles. The minimum atomic E-state index is 0.468. The summed E-state index contributed by atoms with van der Waals surface area (Å²) < 4.78 is 0. The van der Waals surface area contributed by atoms with E-state index in [0.717, 1.165) is 44.3 Å². The quantitative estimate of drug-likeness (QED) is 0.628. The number of nitrogens with zero attached hydrogens (tertiary/aromatic N) is 4. The van der Waals surface area contributed by atoms with Crippen molar-refractivity contribution < 1.29 is 0 Å². The van der Waals surface area contributed by atoms with Gasteiger partial charge in [-0.15, -0.1) is 0 Å². The lowest BCUT2D eigenvalue weighted by Gasteiger charge is -2.30. The molecule has 0 spiro atoms. The second-order valence-corrected chi connectivity index (χ2v) is 10.2. The molecule has 1 N–H and O–H groups in total. The van der Waals surface area contributed by atoms with Gasteiger partial charge in [0.1, 0.15) is 5.82 Å². The molecule has 2 fully saturated rings. The minimum absolute atomic E-state index is 0.468. The summed E-state index contributed by atoms with van der Waals surface area (Å²) >= 11 is 0. The van der Waals surface area contributed by atoms with Crippen molar-refractivity contribution in [1.29, 1.82) is 0 Å². The zero-order valence-corrected chi connectivity index (χ0v) is 20.2. The van der Waals surface area contributed by atoms with Gasteiger partial charge < -0.3 is 15.1 Å². The average molecular weight is 428 g/mol. The van der Waals surface area contributed by atoms with E-state index in [2.05, 4.69) is 29.0 Å². The molecule has 5 heteroatoms. The highest BCUT2D eigenvalue weighted by molar-refractivity contribution is 5.54. The van der Waals surface area contributed by atoms with Gasteiger partial charge in [-0.2, -0.15) is 4.98 Å². The number of nitrogens with one attached hydrogen (secondary N) is 1. The lowest BCUT2D eigenvalue weighted by atomic mass is 9.96. The summed E-state index contributed by atoms with van der Waals surface area (Å²) in [5.74, 6) is 2.99. The van der Waals surface area contributed by atoms with Crippen LogP contribution in [0.15, 0.2) is 0 Å². The lowest BCUT2D eigenvalue weighted by Crippen LogP contribution is -2.38. The topological polar surface area (TPSA) is 44.3 Å². The van der Waals surface area contributed by atoms with E-state index in [9.17, 15) is 0 Å². The maximum Gasteiger partial charge on any atom is 0.225 e. The van der Waals surface area contributed by atoms with Crippen molar-refractivity contribution in [2.45, 2.75) is 103 Å². The van der Waals surface area contributed by atoms with Gasteiger partial charge in [0.2, 0.25) is 5.95 Å². The smallest absolute Gasteiger partial charge is 0.225 e. The molecule has 174 valence electrons. The Bertz CT molecular complexity index is 679. The number of hydrogen-bond acceptors (Lipinski definition) is 5. The average Bonchev–Trinajstić information content (AvgIpc) is 3.20. The van der Waals surface area contributed by atoms with Crippen LogP contribution in [0.2, 0.25) is 0 Å². The van der Waals surface area contributed by atoms with Gasteiger partial charge in [0.15, 0.2) is 0 Å². The SMILES string of the molecule is CCC(CC)CN1CCCC[C@H](Nc2nc3c(c(N4CCCCCC4)n2)CCCC3)C1. The van der Waals surface area contributed by atoms with Crippen LogP contribution in [-0.2, 0) is 12.8 Å². The highest BCUT2D eigenvalue weighted by Gasteiger charge is 2.25. The van der Waals surface area contributed by atoms with Crippen LogP contribution in [0.25, 0.3) is 0 Å². The van der Waals surface area contributed by atoms with Crippen molar-refractivity contribution in [3.63, 3.8) is 0 Å². The Morgan fingerprint density at radius 2 is 1.61 bits per heavy atom. The molecule has 2 aliphatic heterocycles. The van der Waals surface area contributed by atoms with Gasteiger partial charge in [0, 0.05) is 37.8 Å². The molecular formula is C26H45N5. The Kier molecular flexibility index (Phi) is 8.46. The predicted molar refractivity (Wildman–Crippen MR) is 131 cm³/mol. The van der Waals surface area contributed by atoms with Crippen molar-refractivity contribution in [3.8, 4) is 0 Å². The third-order valence-corrected chi connectivity index (χ3v) is 7.83. The lowest BCUT2D eigenvalue weighted by molar-refractivity contribution is 0.226. The zero-order chi connectivity index (χ0) is 21.5. The Balaban J connectivity index is 1.51. The number of hydrogen-bond donors (Lipinski definition) is 1. The number of aromatic nitrogens is 2. The highest BCUT2D eigenvalue weighted by atomic mass is 15.2. The fourth-order valence-corrected chi connectivity index (χ4v) is 5.78. The molecule has 0 saturated carbocycles. The molecule has 0 radical (unpaired) electrons. The van der Waals surface area contributed by atoms with Crippen LogP contribution < -0.4 is 10.2 Å². The summed E-state index contributed by atoms with van der Waals surface area (Å²) in [5, 5.41) is 3.81. The number of anilines is 2. The fourth-order valence-electron chi connectivity index (χ4n) is 5.78. The van der Waals surface area contributed by atoms with Crippen molar-refractivity contribution >= 4 is 11.8 Å². The predicted octanol–water partition coefficient (Wildman–Crippen LogP) is 5.44. The molecule has 31 heavy (non-hydrogen) atoms. The van der Waals surface area contributed by atoms with Crippen LogP contribution in [0.4, 0.5) is 11.8 Å². The third kappa shape index (κ3) is 6.12. The van der Waals surface area contributed by atoms with Gasteiger partial charge in [-0.25, -0.2) is 4.98 Å². The van der Waals surface area contributed by atoms with Gasteiger partial charge in [-0.05, 0) is 63.8 Å². The molecule has 0 bridgehead atoms. The molecule has 4 rings (SSSR count). The van der Waals surface area contributed by atoms with E-state index in [1.165, 1.54) is 101 Å². The standard InChI is InChI=1S/C26H45N5/c1-3-21(4-2)19-30-16-12-9-13-22(20-30)27-26-28-24-15-8-7-14-23(24)25(29-26)31-17-10-5-6-11-18-31/h21-22H,3-20H2,1-2H3,(H,27,28,29)/t22-/m0/s1. The number of fused-ring (bicyclic) bond motifs is 1. The summed E-state index contributed by atoms with van der Waals surface area (Å²) in [6.45, 7) is 10.6. The van der Waals surface area contributed by atoms with Crippen LogP contribution in [0, 0.1) is 5.92 Å². The summed E-state index contributed by atoms with van der Waals surface area (Å²) in [4.78, 5) is 15.5. The van der Waals surface area contributed by atoms with Crippen molar-refractivity contribution in [2.24, 2.45) is 5.92 Å². The van der Waals surface area contributed by atoms with E-state index in [4.69, 9.17) is 9.97 Å². The van der Waals surface area contributed by atoms with Crippen molar-refractivity contribution in [2.75, 3.05) is 42.9 Å². The Hall–Kier alpha value is -1.36. The summed E-state index contributed by atoms with van der Waals surface area (Å²) in [6, 6.07) is 0.468. The van der Waals surface area contributed by atoms with Crippen LogP contribution in [0.5, 0.6) is 0 Å². The Morgan fingerprint density at radius 1 is 0.871 bits per heavy atom. The summed E-state index contributed by atoms with van der Waals surface area (Å²) in [5.41, 5.74) is 2.78. The van der Waals surface area contributed by atoms with Crippen LogP contribution in [0.1, 0.15) is 95.7 Å². The Morgan fingerprint density at radius 3 is 2.39 bits per heavy atom. The van der Waals surface area contributed by atoms with E-state index >= 15 is 0 Å². The van der Waals surface area contributed by atoms with Gasteiger partial charge in [-0.1, -0.05) is 46.0 Å². The Labute approximate surface area is 190 Å². The van der Waals surface area contributed by atoms with Gasteiger partial charge in [0.25, 0.3) is 0 Å². The minimum Gasteiger partial charge on any atom is -0.356 e. The van der Waals surface area contributed by atoms with Crippen LogP contribution >= 0.6 is 0 Å². The largest absolute Gasteiger partial charge is 0.356 e. The van der Waals surface area contributed by atoms with Crippen molar-refractivity contribution in [3.05, 3.63) is 11.3 Å². The first-order chi connectivity index (χ1) is 15.3. The van der Waals surface area contributed by atoms with Gasteiger partial charge in [-0.3, -0.25) is 0 Å². The molecule has 0 unspecified atom stereocenters. The maximum atomic E-state index is 5.18. The maximum absolute atomic E-state index is 5.18. The zero-order valence-electron chi connectivity index (χ0n) is 20.2. The summed E-state index contributed by atoms with van der Waals surface area (Å²) in [6.07, 6.45) is 16.6. The monoisotopic (exact) mass is 427 g/mol. The molecule has 1 atom stereocenters. The van der Waals surface area contributed by atoms with E-state index in [1.807, 2.05) is 0 Å². The molecular weight excluding hydrogens is 382 g/mol. The summed E-state index contributed by atoms with van der Waals surface area (Å²) in [7, 11) is 0. The van der Waals surface area contributed by atoms with Crippen LogP contribution in [0.3, 0.4) is 0 Å². The first-order valence-corrected chi connectivity index (χ1v) is 13.4. The number of rotatable bonds is 7.